The number of benzene rings is 1. The fourth-order valence-electron chi connectivity index (χ4n) is 2.58. The molecule has 9 nitrogen and oxygen atoms in total. The van der Waals surface area contributed by atoms with E-state index in [0.29, 0.717) is 30.2 Å². The Balaban J connectivity index is 1.79. The number of rotatable bonds is 5. The van der Waals surface area contributed by atoms with Crippen molar-refractivity contribution < 1.29 is 9.53 Å². The molecule has 0 bridgehead atoms. The van der Waals surface area contributed by atoms with E-state index >= 15 is 0 Å². The number of carbonyl (C=O) groups excluding carboxylic acids is 1. The number of esters is 1. The fraction of sp³-hybridized carbons (Fsp3) is 0.294. The van der Waals surface area contributed by atoms with Gasteiger partial charge in [-0.3, -0.25) is 13.9 Å². The Labute approximate surface area is 148 Å². The third kappa shape index (κ3) is 3.10. The fourth-order valence-corrected chi connectivity index (χ4v) is 2.58. The van der Waals surface area contributed by atoms with Gasteiger partial charge in [-0.05, 0) is 31.2 Å². The maximum Gasteiger partial charge on any atom is 0.338 e. The molecule has 0 saturated carbocycles. The molecule has 3 rings (SSSR count). The van der Waals surface area contributed by atoms with Gasteiger partial charge in [-0.2, -0.15) is 0 Å². The standard InChI is InChI=1S/C17H19N5O4/c1-4-26-16(24)10-5-7-11(8-6-10)18-9-12-19-13-14(20-12)21(2)17(25)22(3)15(13)23/h5-8,18H,4,9H2,1-3H3,(H,19,20). The van der Waals surface area contributed by atoms with Crippen LogP contribution in [0.3, 0.4) is 0 Å². The van der Waals surface area contributed by atoms with Gasteiger partial charge in [-0.1, -0.05) is 0 Å². The molecule has 0 unspecified atom stereocenters. The first-order valence-corrected chi connectivity index (χ1v) is 8.08. The highest BCUT2D eigenvalue weighted by Gasteiger charge is 2.13. The summed E-state index contributed by atoms with van der Waals surface area (Å²) in [4.78, 5) is 43.0. The Bertz CT molecular complexity index is 1080. The van der Waals surface area contributed by atoms with E-state index in [0.717, 1.165) is 10.3 Å². The van der Waals surface area contributed by atoms with Crippen molar-refractivity contribution in [3.63, 3.8) is 0 Å². The van der Waals surface area contributed by atoms with Gasteiger partial charge >= 0.3 is 11.7 Å². The molecule has 0 aliphatic rings. The van der Waals surface area contributed by atoms with Crippen LogP contribution in [0.2, 0.25) is 0 Å². The second-order valence-corrected chi connectivity index (χ2v) is 5.74. The smallest absolute Gasteiger partial charge is 0.338 e. The van der Waals surface area contributed by atoms with E-state index in [2.05, 4.69) is 15.3 Å². The summed E-state index contributed by atoms with van der Waals surface area (Å²) < 4.78 is 7.30. The van der Waals surface area contributed by atoms with Crippen molar-refractivity contribution in [2.24, 2.45) is 14.1 Å². The van der Waals surface area contributed by atoms with E-state index < -0.39 is 11.2 Å². The zero-order valence-corrected chi connectivity index (χ0v) is 14.7. The monoisotopic (exact) mass is 357 g/mol. The second kappa shape index (κ2) is 6.87. The first-order chi connectivity index (χ1) is 12.4. The van der Waals surface area contributed by atoms with Crippen molar-refractivity contribution >= 4 is 22.8 Å². The minimum Gasteiger partial charge on any atom is -0.462 e. The van der Waals surface area contributed by atoms with Crippen LogP contribution in [0, 0.1) is 0 Å². The number of nitrogens with zero attached hydrogens (tertiary/aromatic N) is 3. The van der Waals surface area contributed by atoms with E-state index in [9.17, 15) is 14.4 Å². The molecule has 26 heavy (non-hydrogen) atoms. The molecule has 0 fully saturated rings. The van der Waals surface area contributed by atoms with Gasteiger partial charge in [0.15, 0.2) is 5.65 Å². The molecule has 3 aromatic rings. The quantitative estimate of drug-likeness (QED) is 0.652. The maximum atomic E-state index is 12.2. The van der Waals surface area contributed by atoms with Gasteiger partial charge in [0, 0.05) is 19.8 Å². The maximum absolute atomic E-state index is 12.2. The van der Waals surface area contributed by atoms with Crippen LogP contribution in [0.1, 0.15) is 23.1 Å². The molecule has 0 saturated heterocycles. The molecule has 1 aromatic carbocycles. The van der Waals surface area contributed by atoms with Crippen molar-refractivity contribution in [1.82, 2.24) is 19.1 Å². The van der Waals surface area contributed by atoms with Crippen LogP contribution in [0.5, 0.6) is 0 Å². The number of hydrogen-bond donors (Lipinski definition) is 2. The highest BCUT2D eigenvalue weighted by Crippen LogP contribution is 2.12. The summed E-state index contributed by atoms with van der Waals surface area (Å²) in [7, 11) is 2.99. The molecule has 0 radical (unpaired) electrons. The number of aromatic amines is 1. The number of nitrogens with one attached hydrogen (secondary N) is 2. The van der Waals surface area contributed by atoms with Crippen molar-refractivity contribution in [2.45, 2.75) is 13.5 Å². The summed E-state index contributed by atoms with van der Waals surface area (Å²) in [5, 5.41) is 3.15. The average molecular weight is 357 g/mol. The molecule has 2 N–H and O–H groups in total. The number of ether oxygens (including phenoxy) is 1. The van der Waals surface area contributed by atoms with E-state index in [4.69, 9.17) is 4.74 Å². The van der Waals surface area contributed by atoms with Crippen LogP contribution in [-0.4, -0.2) is 31.7 Å². The molecule has 9 heteroatoms. The third-order valence-corrected chi connectivity index (χ3v) is 4.00. The van der Waals surface area contributed by atoms with Gasteiger partial charge in [-0.25, -0.2) is 14.6 Å². The van der Waals surface area contributed by atoms with Crippen molar-refractivity contribution in [3.8, 4) is 0 Å². The molecule has 0 atom stereocenters. The predicted molar refractivity (Wildman–Crippen MR) is 96.3 cm³/mol. The highest BCUT2D eigenvalue weighted by molar-refractivity contribution is 5.89. The minimum atomic E-state index is -0.428. The topological polar surface area (TPSA) is 111 Å². The average Bonchev–Trinajstić information content (AvgIpc) is 3.08. The summed E-state index contributed by atoms with van der Waals surface area (Å²) in [6.45, 7) is 2.40. The summed E-state index contributed by atoms with van der Waals surface area (Å²) in [6, 6.07) is 6.84. The SMILES string of the molecule is CCOC(=O)c1ccc(NCc2nc3c([nH]2)c(=O)n(C)c(=O)n3C)cc1. The zero-order chi connectivity index (χ0) is 18.8. The molecule has 0 spiro atoms. The highest BCUT2D eigenvalue weighted by atomic mass is 16.5. The number of H-pyrrole nitrogens is 1. The lowest BCUT2D eigenvalue weighted by Crippen LogP contribution is -2.36. The van der Waals surface area contributed by atoms with Crippen LogP contribution < -0.4 is 16.6 Å². The predicted octanol–water partition coefficient (Wildman–Crippen LogP) is 0.749. The Morgan fingerprint density at radius 2 is 1.88 bits per heavy atom. The number of fused-ring (bicyclic) bond motifs is 1. The summed E-state index contributed by atoms with van der Waals surface area (Å²) >= 11 is 0. The number of anilines is 1. The van der Waals surface area contributed by atoms with Crippen LogP contribution in [0.4, 0.5) is 5.69 Å². The summed E-state index contributed by atoms with van der Waals surface area (Å²) in [5.74, 6) is 0.154. The normalized spacial score (nSPS) is 10.9. The van der Waals surface area contributed by atoms with E-state index in [1.165, 1.54) is 11.6 Å². The molecule has 0 amide bonds. The first-order valence-electron chi connectivity index (χ1n) is 8.08. The molecule has 2 aromatic heterocycles. The number of imidazole rings is 1. The van der Waals surface area contributed by atoms with Crippen LogP contribution in [0.25, 0.3) is 11.2 Å². The number of carbonyl (C=O) groups is 1. The zero-order valence-electron chi connectivity index (χ0n) is 14.7. The lowest BCUT2D eigenvalue weighted by molar-refractivity contribution is 0.0526. The molecule has 136 valence electrons. The van der Waals surface area contributed by atoms with Gasteiger partial charge in [0.1, 0.15) is 11.3 Å². The molecule has 2 heterocycles. The number of hydrogen-bond acceptors (Lipinski definition) is 6. The van der Waals surface area contributed by atoms with Gasteiger partial charge in [0.2, 0.25) is 0 Å². The Morgan fingerprint density at radius 1 is 1.19 bits per heavy atom. The number of aromatic nitrogens is 4. The molecule has 0 aliphatic heterocycles. The second-order valence-electron chi connectivity index (χ2n) is 5.74. The van der Waals surface area contributed by atoms with Gasteiger partial charge in [0.05, 0.1) is 18.7 Å². The van der Waals surface area contributed by atoms with Crippen molar-refractivity contribution in [1.29, 1.82) is 0 Å². The first kappa shape index (κ1) is 17.5. The Hall–Kier alpha value is -3.36. The Morgan fingerprint density at radius 3 is 2.54 bits per heavy atom. The van der Waals surface area contributed by atoms with Crippen molar-refractivity contribution in [2.75, 3.05) is 11.9 Å². The van der Waals surface area contributed by atoms with E-state index in [-0.39, 0.29) is 11.5 Å². The van der Waals surface area contributed by atoms with Crippen molar-refractivity contribution in [3.05, 3.63) is 56.5 Å². The molecular weight excluding hydrogens is 338 g/mol. The lowest BCUT2D eigenvalue weighted by atomic mass is 10.2. The lowest BCUT2D eigenvalue weighted by Gasteiger charge is -2.06. The van der Waals surface area contributed by atoms with E-state index in [1.807, 2.05) is 0 Å². The van der Waals surface area contributed by atoms with Gasteiger partial charge < -0.3 is 15.0 Å². The third-order valence-electron chi connectivity index (χ3n) is 4.00. The summed E-state index contributed by atoms with van der Waals surface area (Å²) in [6.07, 6.45) is 0. The molecule has 0 aliphatic carbocycles. The largest absolute Gasteiger partial charge is 0.462 e. The Kier molecular flexibility index (Phi) is 4.61. The summed E-state index contributed by atoms with van der Waals surface area (Å²) in [5.41, 5.74) is 1.00. The minimum absolute atomic E-state index is 0.282. The van der Waals surface area contributed by atoms with Gasteiger partial charge in [-0.15, -0.1) is 0 Å². The molecular formula is C17H19N5O4. The number of aryl methyl sites for hydroxylation is 1. The van der Waals surface area contributed by atoms with Crippen LogP contribution >= 0.6 is 0 Å². The van der Waals surface area contributed by atoms with E-state index in [1.54, 1.807) is 38.2 Å². The van der Waals surface area contributed by atoms with Crippen LogP contribution in [0.15, 0.2) is 33.9 Å². The van der Waals surface area contributed by atoms with Gasteiger partial charge in [0.25, 0.3) is 5.56 Å². The van der Waals surface area contributed by atoms with Crippen LogP contribution in [-0.2, 0) is 25.4 Å².